The van der Waals surface area contributed by atoms with Gasteiger partial charge in [0.2, 0.25) is 5.91 Å². The predicted molar refractivity (Wildman–Crippen MR) is 96.6 cm³/mol. The summed E-state index contributed by atoms with van der Waals surface area (Å²) in [6.45, 7) is 11.6. The summed E-state index contributed by atoms with van der Waals surface area (Å²) >= 11 is 0. The topological polar surface area (TPSA) is 41.1 Å². The van der Waals surface area contributed by atoms with E-state index in [0.717, 1.165) is 13.1 Å². The molecule has 2 N–H and O–H groups in total. The standard InChI is InChI=1S/C20H32N2O/c1-15-8-5-6-10-18(15)20(3,4)14-22-19(23)12-16(2)17-9-7-11-21-13-17/h5-6,8,10,16-17,21H,7,9,11-14H2,1-4H3,(H,22,23). The Labute approximate surface area is 141 Å². The average molecular weight is 316 g/mol. The van der Waals surface area contributed by atoms with Crippen LogP contribution in [0.1, 0.15) is 51.2 Å². The maximum atomic E-state index is 12.3. The molecule has 1 saturated heterocycles. The van der Waals surface area contributed by atoms with Crippen molar-refractivity contribution < 1.29 is 4.79 Å². The van der Waals surface area contributed by atoms with Crippen LogP contribution in [-0.4, -0.2) is 25.5 Å². The molecule has 128 valence electrons. The van der Waals surface area contributed by atoms with Crippen molar-refractivity contribution in [2.24, 2.45) is 11.8 Å². The second kappa shape index (κ2) is 7.96. The van der Waals surface area contributed by atoms with Crippen molar-refractivity contribution in [3.63, 3.8) is 0 Å². The Balaban J connectivity index is 1.84. The first-order chi connectivity index (χ1) is 10.9. The first kappa shape index (κ1) is 18.0. The fourth-order valence-electron chi connectivity index (χ4n) is 3.64. The molecule has 0 bridgehead atoms. The fourth-order valence-corrected chi connectivity index (χ4v) is 3.64. The zero-order valence-electron chi connectivity index (χ0n) is 15.1. The van der Waals surface area contributed by atoms with Gasteiger partial charge < -0.3 is 10.6 Å². The van der Waals surface area contributed by atoms with E-state index in [-0.39, 0.29) is 11.3 Å². The van der Waals surface area contributed by atoms with E-state index < -0.39 is 0 Å². The van der Waals surface area contributed by atoms with E-state index in [9.17, 15) is 4.79 Å². The SMILES string of the molecule is Cc1ccccc1C(C)(C)CNC(=O)CC(C)C1CCCNC1. The molecule has 0 aromatic heterocycles. The quantitative estimate of drug-likeness (QED) is 0.844. The number of amides is 1. The number of nitrogens with one attached hydrogen (secondary N) is 2. The second-order valence-corrected chi connectivity index (χ2v) is 7.76. The lowest BCUT2D eigenvalue weighted by Gasteiger charge is -2.30. The summed E-state index contributed by atoms with van der Waals surface area (Å²) in [7, 11) is 0. The monoisotopic (exact) mass is 316 g/mol. The molecule has 0 radical (unpaired) electrons. The summed E-state index contributed by atoms with van der Waals surface area (Å²) in [5, 5.41) is 6.60. The van der Waals surface area contributed by atoms with E-state index >= 15 is 0 Å². The third-order valence-electron chi connectivity index (χ3n) is 5.25. The number of carbonyl (C=O) groups excluding carboxylic acids is 1. The molecular weight excluding hydrogens is 284 g/mol. The number of hydrogen-bond donors (Lipinski definition) is 2. The molecule has 1 aliphatic heterocycles. The lowest BCUT2D eigenvalue weighted by molar-refractivity contribution is -0.122. The van der Waals surface area contributed by atoms with Gasteiger partial charge in [-0.05, 0) is 55.8 Å². The van der Waals surface area contributed by atoms with E-state index in [4.69, 9.17) is 0 Å². The molecule has 1 aliphatic rings. The van der Waals surface area contributed by atoms with E-state index in [0.29, 0.717) is 24.8 Å². The molecular formula is C20H32N2O. The van der Waals surface area contributed by atoms with E-state index in [1.54, 1.807) is 0 Å². The third kappa shape index (κ3) is 5.07. The first-order valence-electron chi connectivity index (χ1n) is 8.93. The number of benzene rings is 1. The van der Waals surface area contributed by atoms with Crippen LogP contribution in [0.4, 0.5) is 0 Å². The van der Waals surface area contributed by atoms with E-state index in [1.165, 1.54) is 24.0 Å². The van der Waals surface area contributed by atoms with Crippen LogP contribution in [0.25, 0.3) is 0 Å². The van der Waals surface area contributed by atoms with Crippen LogP contribution in [0, 0.1) is 18.8 Å². The molecule has 1 aromatic rings. The van der Waals surface area contributed by atoms with Gasteiger partial charge in [-0.15, -0.1) is 0 Å². The number of carbonyl (C=O) groups is 1. The van der Waals surface area contributed by atoms with Crippen molar-refractivity contribution in [1.29, 1.82) is 0 Å². The fraction of sp³-hybridized carbons (Fsp3) is 0.650. The second-order valence-electron chi connectivity index (χ2n) is 7.76. The maximum Gasteiger partial charge on any atom is 0.220 e. The van der Waals surface area contributed by atoms with Crippen molar-refractivity contribution >= 4 is 5.91 Å². The van der Waals surface area contributed by atoms with Gasteiger partial charge in [-0.25, -0.2) is 0 Å². The minimum Gasteiger partial charge on any atom is -0.355 e. The maximum absolute atomic E-state index is 12.3. The van der Waals surface area contributed by atoms with Crippen LogP contribution in [-0.2, 0) is 10.2 Å². The van der Waals surface area contributed by atoms with Crippen LogP contribution in [0.2, 0.25) is 0 Å². The molecule has 23 heavy (non-hydrogen) atoms. The smallest absolute Gasteiger partial charge is 0.220 e. The molecule has 0 spiro atoms. The Morgan fingerprint density at radius 2 is 2.13 bits per heavy atom. The minimum atomic E-state index is -0.0450. The molecule has 1 aromatic carbocycles. The zero-order valence-corrected chi connectivity index (χ0v) is 15.1. The molecule has 0 saturated carbocycles. The van der Waals surface area contributed by atoms with Crippen LogP contribution >= 0.6 is 0 Å². The average Bonchev–Trinajstić information content (AvgIpc) is 2.54. The van der Waals surface area contributed by atoms with Gasteiger partial charge in [-0.3, -0.25) is 4.79 Å². The Morgan fingerprint density at radius 3 is 2.78 bits per heavy atom. The van der Waals surface area contributed by atoms with Gasteiger partial charge in [0.1, 0.15) is 0 Å². The van der Waals surface area contributed by atoms with Gasteiger partial charge >= 0.3 is 0 Å². The number of rotatable bonds is 6. The van der Waals surface area contributed by atoms with Gasteiger partial charge in [0, 0.05) is 18.4 Å². The van der Waals surface area contributed by atoms with Gasteiger partial charge in [-0.1, -0.05) is 45.0 Å². The lowest BCUT2D eigenvalue weighted by Crippen LogP contribution is -2.39. The molecule has 1 heterocycles. The third-order valence-corrected chi connectivity index (χ3v) is 5.25. The molecule has 0 aliphatic carbocycles. The van der Waals surface area contributed by atoms with Gasteiger partial charge in [0.15, 0.2) is 0 Å². The summed E-state index contributed by atoms with van der Waals surface area (Å²) in [4.78, 5) is 12.3. The number of aryl methyl sites for hydroxylation is 1. The van der Waals surface area contributed by atoms with Crippen LogP contribution in [0.15, 0.2) is 24.3 Å². The zero-order chi connectivity index (χ0) is 16.9. The van der Waals surface area contributed by atoms with Crippen LogP contribution < -0.4 is 10.6 Å². The summed E-state index contributed by atoms with van der Waals surface area (Å²) < 4.78 is 0. The normalized spacial score (nSPS) is 20.1. The van der Waals surface area contributed by atoms with Crippen molar-refractivity contribution in [2.75, 3.05) is 19.6 Å². The predicted octanol–water partition coefficient (Wildman–Crippen LogP) is 3.41. The molecule has 1 fully saturated rings. The Hall–Kier alpha value is -1.35. The Morgan fingerprint density at radius 1 is 1.39 bits per heavy atom. The molecule has 3 nitrogen and oxygen atoms in total. The van der Waals surface area contributed by atoms with E-state index in [1.807, 2.05) is 0 Å². The minimum absolute atomic E-state index is 0.0450. The molecule has 3 heteroatoms. The van der Waals surface area contributed by atoms with Crippen molar-refractivity contribution in [3.8, 4) is 0 Å². The van der Waals surface area contributed by atoms with Crippen LogP contribution in [0.5, 0.6) is 0 Å². The van der Waals surface area contributed by atoms with Crippen molar-refractivity contribution in [2.45, 2.75) is 52.4 Å². The highest BCUT2D eigenvalue weighted by Crippen LogP contribution is 2.26. The molecule has 1 amide bonds. The van der Waals surface area contributed by atoms with Crippen molar-refractivity contribution in [3.05, 3.63) is 35.4 Å². The summed E-state index contributed by atoms with van der Waals surface area (Å²) in [5.41, 5.74) is 2.55. The Kier molecular flexibility index (Phi) is 6.23. The lowest BCUT2D eigenvalue weighted by atomic mass is 9.81. The van der Waals surface area contributed by atoms with Gasteiger partial charge in [0.25, 0.3) is 0 Å². The van der Waals surface area contributed by atoms with Gasteiger partial charge in [-0.2, -0.15) is 0 Å². The number of piperidine rings is 1. The Bertz CT molecular complexity index is 518. The van der Waals surface area contributed by atoms with Gasteiger partial charge in [0.05, 0.1) is 0 Å². The molecule has 2 unspecified atom stereocenters. The molecule has 2 atom stereocenters. The highest BCUT2D eigenvalue weighted by molar-refractivity contribution is 5.76. The largest absolute Gasteiger partial charge is 0.355 e. The van der Waals surface area contributed by atoms with Crippen LogP contribution in [0.3, 0.4) is 0 Å². The summed E-state index contributed by atoms with van der Waals surface area (Å²) in [6, 6.07) is 8.44. The van der Waals surface area contributed by atoms with E-state index in [2.05, 4.69) is 62.6 Å². The number of hydrogen-bond acceptors (Lipinski definition) is 2. The van der Waals surface area contributed by atoms with Crippen molar-refractivity contribution in [1.82, 2.24) is 10.6 Å². The summed E-state index contributed by atoms with van der Waals surface area (Å²) in [5.74, 6) is 1.27. The summed E-state index contributed by atoms with van der Waals surface area (Å²) in [6.07, 6.45) is 3.11. The first-order valence-corrected chi connectivity index (χ1v) is 8.93. The highest BCUT2D eigenvalue weighted by Gasteiger charge is 2.25. The molecule has 2 rings (SSSR count). The highest BCUT2D eigenvalue weighted by atomic mass is 16.1.